The largest absolute Gasteiger partial charge is 0.379 e. The van der Waals surface area contributed by atoms with E-state index in [1.54, 1.807) is 0 Å². The Morgan fingerprint density at radius 3 is 2.92 bits per heavy atom. The average Bonchev–Trinajstić information content (AvgIpc) is 2.11. The first-order valence-corrected chi connectivity index (χ1v) is 5.49. The Hall–Kier alpha value is -0.120. The molecule has 2 N–H and O–H groups in total. The van der Waals surface area contributed by atoms with E-state index in [0.29, 0.717) is 6.04 Å². The van der Waals surface area contributed by atoms with E-state index in [1.807, 2.05) is 0 Å². The van der Waals surface area contributed by atoms with Crippen molar-refractivity contribution in [2.24, 2.45) is 0 Å². The lowest BCUT2D eigenvalue weighted by atomic mass is 9.93. The molecule has 0 radical (unpaired) electrons. The molecule has 2 rings (SSSR count). The molecule has 0 aromatic carbocycles. The molecule has 0 aromatic rings. The monoisotopic (exact) mass is 184 g/mol. The minimum absolute atomic E-state index is 0.585. The first-order chi connectivity index (χ1) is 6.45. The van der Waals surface area contributed by atoms with Crippen molar-refractivity contribution in [1.82, 2.24) is 10.6 Å². The molecule has 3 nitrogen and oxygen atoms in total. The molecular weight excluding hydrogens is 164 g/mol. The quantitative estimate of drug-likeness (QED) is 0.668. The molecule has 3 heteroatoms. The summed E-state index contributed by atoms with van der Waals surface area (Å²) in [7, 11) is 0. The summed E-state index contributed by atoms with van der Waals surface area (Å²) >= 11 is 0. The predicted octanol–water partition coefficient (Wildman–Crippen LogP) is 0.507. The SMILES string of the molecule is C1CC(NCCC2COCCN2)C1. The van der Waals surface area contributed by atoms with E-state index in [1.165, 1.54) is 25.7 Å². The maximum absolute atomic E-state index is 5.39. The molecule has 2 fully saturated rings. The molecule has 1 heterocycles. The van der Waals surface area contributed by atoms with E-state index in [0.717, 1.165) is 32.3 Å². The molecule has 1 atom stereocenters. The molecule has 1 unspecified atom stereocenters. The van der Waals surface area contributed by atoms with E-state index in [-0.39, 0.29) is 0 Å². The number of rotatable bonds is 4. The molecule has 76 valence electrons. The van der Waals surface area contributed by atoms with Crippen LogP contribution in [0.5, 0.6) is 0 Å². The molecule has 1 aliphatic carbocycles. The van der Waals surface area contributed by atoms with Gasteiger partial charge in [0.05, 0.1) is 13.2 Å². The lowest BCUT2D eigenvalue weighted by molar-refractivity contribution is 0.0737. The van der Waals surface area contributed by atoms with Gasteiger partial charge in [0.15, 0.2) is 0 Å². The first-order valence-electron chi connectivity index (χ1n) is 5.49. The first kappa shape index (κ1) is 9.44. The third-order valence-electron chi connectivity index (χ3n) is 3.03. The van der Waals surface area contributed by atoms with Crippen LogP contribution in [0.15, 0.2) is 0 Å². The maximum atomic E-state index is 5.39. The normalized spacial score (nSPS) is 30.0. The number of nitrogens with one attached hydrogen (secondary N) is 2. The fraction of sp³-hybridized carbons (Fsp3) is 1.00. The van der Waals surface area contributed by atoms with Crippen LogP contribution in [0, 0.1) is 0 Å². The van der Waals surface area contributed by atoms with Crippen molar-refractivity contribution in [2.75, 3.05) is 26.3 Å². The summed E-state index contributed by atoms with van der Waals surface area (Å²) in [4.78, 5) is 0. The van der Waals surface area contributed by atoms with Gasteiger partial charge in [0.2, 0.25) is 0 Å². The van der Waals surface area contributed by atoms with Gasteiger partial charge in [-0.15, -0.1) is 0 Å². The standard InChI is InChI=1S/C10H20N2O/c1-2-9(3-1)11-5-4-10-8-13-7-6-12-10/h9-12H,1-8H2. The highest BCUT2D eigenvalue weighted by Crippen LogP contribution is 2.17. The van der Waals surface area contributed by atoms with Gasteiger partial charge >= 0.3 is 0 Å². The van der Waals surface area contributed by atoms with E-state index in [4.69, 9.17) is 4.74 Å². The van der Waals surface area contributed by atoms with E-state index in [9.17, 15) is 0 Å². The zero-order valence-electron chi connectivity index (χ0n) is 8.22. The molecule has 0 aromatic heterocycles. The summed E-state index contributed by atoms with van der Waals surface area (Å²) in [5.74, 6) is 0. The zero-order valence-corrected chi connectivity index (χ0v) is 8.22. The second-order valence-electron chi connectivity index (χ2n) is 4.10. The highest BCUT2D eigenvalue weighted by molar-refractivity contribution is 4.78. The molecule has 2 aliphatic rings. The van der Waals surface area contributed by atoms with Crippen LogP contribution in [-0.4, -0.2) is 38.4 Å². The van der Waals surface area contributed by atoms with Crippen LogP contribution in [0.3, 0.4) is 0 Å². The van der Waals surface area contributed by atoms with Crippen LogP contribution >= 0.6 is 0 Å². The third kappa shape index (κ3) is 2.93. The fourth-order valence-electron chi connectivity index (χ4n) is 1.88. The Labute approximate surface area is 80.2 Å². The lowest BCUT2D eigenvalue weighted by Gasteiger charge is -2.28. The summed E-state index contributed by atoms with van der Waals surface area (Å²) < 4.78 is 5.39. The zero-order chi connectivity index (χ0) is 8.93. The minimum Gasteiger partial charge on any atom is -0.379 e. The smallest absolute Gasteiger partial charge is 0.0620 e. The second-order valence-corrected chi connectivity index (χ2v) is 4.10. The van der Waals surface area contributed by atoms with Crippen LogP contribution in [0.4, 0.5) is 0 Å². The van der Waals surface area contributed by atoms with Crippen LogP contribution in [-0.2, 0) is 4.74 Å². The summed E-state index contributed by atoms with van der Waals surface area (Å²) in [5, 5.41) is 7.03. The van der Waals surface area contributed by atoms with Gasteiger partial charge < -0.3 is 15.4 Å². The van der Waals surface area contributed by atoms with E-state index in [2.05, 4.69) is 10.6 Å². The van der Waals surface area contributed by atoms with Crippen LogP contribution in [0.1, 0.15) is 25.7 Å². The Bertz CT molecular complexity index is 142. The molecule has 0 amide bonds. The summed E-state index contributed by atoms with van der Waals surface area (Å²) in [5.41, 5.74) is 0. The number of morpholine rings is 1. The molecule has 1 saturated heterocycles. The van der Waals surface area contributed by atoms with Gasteiger partial charge in [-0.3, -0.25) is 0 Å². The summed E-state index contributed by atoms with van der Waals surface area (Å²) in [6.07, 6.45) is 5.39. The Balaban J connectivity index is 1.50. The van der Waals surface area contributed by atoms with Gasteiger partial charge in [0, 0.05) is 18.6 Å². The van der Waals surface area contributed by atoms with E-state index >= 15 is 0 Å². The lowest BCUT2D eigenvalue weighted by Crippen LogP contribution is -2.44. The van der Waals surface area contributed by atoms with Crippen molar-refractivity contribution in [3.63, 3.8) is 0 Å². The molecule has 1 saturated carbocycles. The Morgan fingerprint density at radius 1 is 1.38 bits per heavy atom. The van der Waals surface area contributed by atoms with Gasteiger partial charge in [-0.25, -0.2) is 0 Å². The number of hydrogen-bond donors (Lipinski definition) is 2. The average molecular weight is 184 g/mol. The van der Waals surface area contributed by atoms with Crippen molar-refractivity contribution < 1.29 is 4.74 Å². The van der Waals surface area contributed by atoms with Gasteiger partial charge in [-0.1, -0.05) is 6.42 Å². The molecule has 0 spiro atoms. The highest BCUT2D eigenvalue weighted by atomic mass is 16.5. The van der Waals surface area contributed by atoms with Crippen molar-refractivity contribution >= 4 is 0 Å². The van der Waals surface area contributed by atoms with Gasteiger partial charge in [0.25, 0.3) is 0 Å². The Kier molecular flexibility index (Phi) is 3.58. The Morgan fingerprint density at radius 2 is 2.31 bits per heavy atom. The van der Waals surface area contributed by atoms with Crippen LogP contribution < -0.4 is 10.6 Å². The molecule has 13 heavy (non-hydrogen) atoms. The highest BCUT2D eigenvalue weighted by Gasteiger charge is 2.17. The third-order valence-corrected chi connectivity index (χ3v) is 3.03. The summed E-state index contributed by atoms with van der Waals surface area (Å²) in [6.45, 7) is 3.94. The predicted molar refractivity (Wildman–Crippen MR) is 52.9 cm³/mol. The number of ether oxygens (including phenoxy) is 1. The molecular formula is C10H20N2O. The second kappa shape index (κ2) is 4.94. The van der Waals surface area contributed by atoms with Crippen LogP contribution in [0.2, 0.25) is 0 Å². The number of hydrogen-bond acceptors (Lipinski definition) is 3. The van der Waals surface area contributed by atoms with E-state index < -0.39 is 0 Å². The van der Waals surface area contributed by atoms with Crippen molar-refractivity contribution in [1.29, 1.82) is 0 Å². The minimum atomic E-state index is 0.585. The van der Waals surface area contributed by atoms with Crippen molar-refractivity contribution in [3.8, 4) is 0 Å². The van der Waals surface area contributed by atoms with Crippen molar-refractivity contribution in [2.45, 2.75) is 37.8 Å². The molecule has 1 aliphatic heterocycles. The van der Waals surface area contributed by atoms with Gasteiger partial charge in [-0.2, -0.15) is 0 Å². The van der Waals surface area contributed by atoms with Crippen molar-refractivity contribution in [3.05, 3.63) is 0 Å². The topological polar surface area (TPSA) is 33.3 Å². The fourth-order valence-corrected chi connectivity index (χ4v) is 1.88. The maximum Gasteiger partial charge on any atom is 0.0620 e. The van der Waals surface area contributed by atoms with Crippen LogP contribution in [0.25, 0.3) is 0 Å². The van der Waals surface area contributed by atoms with Gasteiger partial charge in [0.1, 0.15) is 0 Å². The molecule has 0 bridgehead atoms. The van der Waals surface area contributed by atoms with Gasteiger partial charge in [-0.05, 0) is 25.8 Å². The summed E-state index contributed by atoms with van der Waals surface area (Å²) in [6, 6.07) is 1.41.